The van der Waals surface area contributed by atoms with E-state index in [4.69, 9.17) is 5.11 Å². The minimum atomic E-state index is -0.990. The molecule has 0 fully saturated rings. The molecule has 2 N–H and O–H groups in total. The molecule has 1 amide bonds. The van der Waals surface area contributed by atoms with Crippen molar-refractivity contribution in [3.8, 4) is 0 Å². The maximum atomic E-state index is 11.7. The van der Waals surface area contributed by atoms with Crippen LogP contribution in [0.25, 0.3) is 0 Å². The number of carboxylic acid groups (broad SMARTS) is 1. The van der Waals surface area contributed by atoms with Crippen molar-refractivity contribution in [2.45, 2.75) is 33.2 Å². The lowest BCUT2D eigenvalue weighted by molar-refractivity contribution is -0.143. The molecule has 0 bridgehead atoms. The Balaban J connectivity index is 2.56. The third-order valence-electron chi connectivity index (χ3n) is 2.38. The zero-order chi connectivity index (χ0) is 13.0. The van der Waals surface area contributed by atoms with Gasteiger partial charge in [-0.3, -0.25) is 4.79 Å². The van der Waals surface area contributed by atoms with Gasteiger partial charge in [-0.05, 0) is 25.0 Å². The summed E-state index contributed by atoms with van der Waals surface area (Å²) in [6.45, 7) is 5.52. The Hall–Kier alpha value is -1.36. The normalized spacial score (nSPS) is 12.5. The van der Waals surface area contributed by atoms with E-state index in [9.17, 15) is 9.59 Å². The van der Waals surface area contributed by atoms with Crippen molar-refractivity contribution in [3.63, 3.8) is 0 Å². The van der Waals surface area contributed by atoms with Crippen molar-refractivity contribution in [2.75, 3.05) is 0 Å². The lowest BCUT2D eigenvalue weighted by Gasteiger charge is -2.17. The summed E-state index contributed by atoms with van der Waals surface area (Å²) in [5, 5.41) is 11.5. The number of aliphatic carboxylic acids is 1. The number of aryl methyl sites for hydroxylation is 1. The van der Waals surface area contributed by atoms with Gasteiger partial charge in [0, 0.05) is 9.75 Å². The Labute approximate surface area is 105 Å². The van der Waals surface area contributed by atoms with Crippen LogP contribution in [0, 0.1) is 12.8 Å². The first-order chi connectivity index (χ1) is 7.90. The smallest absolute Gasteiger partial charge is 0.326 e. The fraction of sp³-hybridized carbons (Fsp3) is 0.500. The van der Waals surface area contributed by atoms with E-state index in [0.717, 1.165) is 9.75 Å². The highest BCUT2D eigenvalue weighted by Gasteiger charge is 2.23. The minimum Gasteiger partial charge on any atom is -0.480 e. The van der Waals surface area contributed by atoms with Crippen LogP contribution in [-0.2, 0) is 16.0 Å². The molecule has 0 aromatic carbocycles. The maximum Gasteiger partial charge on any atom is 0.326 e. The molecule has 0 saturated heterocycles. The standard InChI is InChI=1S/C12H17NO3S/c1-7(2)11(12(15)16)13-10(14)6-9-5-4-8(3)17-9/h4-5,7,11H,6H2,1-3H3,(H,13,14)(H,15,16). The molecule has 1 aromatic heterocycles. The molecule has 1 heterocycles. The molecule has 0 saturated carbocycles. The summed E-state index contributed by atoms with van der Waals surface area (Å²) in [6.07, 6.45) is 0.245. The summed E-state index contributed by atoms with van der Waals surface area (Å²) in [5.74, 6) is -1.36. The Morgan fingerprint density at radius 2 is 2.06 bits per heavy atom. The van der Waals surface area contributed by atoms with Crippen molar-refractivity contribution >= 4 is 23.2 Å². The summed E-state index contributed by atoms with van der Waals surface area (Å²) >= 11 is 1.55. The number of carboxylic acids is 1. The molecule has 0 aliphatic rings. The van der Waals surface area contributed by atoms with E-state index in [1.807, 2.05) is 19.1 Å². The monoisotopic (exact) mass is 255 g/mol. The highest BCUT2D eigenvalue weighted by molar-refractivity contribution is 7.12. The predicted molar refractivity (Wildman–Crippen MR) is 67.2 cm³/mol. The summed E-state index contributed by atoms with van der Waals surface area (Å²) < 4.78 is 0. The molecule has 1 aromatic rings. The van der Waals surface area contributed by atoms with Crippen LogP contribution in [0.1, 0.15) is 23.6 Å². The molecular formula is C12H17NO3S. The van der Waals surface area contributed by atoms with Crippen LogP contribution in [0.2, 0.25) is 0 Å². The molecule has 0 radical (unpaired) electrons. The molecule has 5 heteroatoms. The molecule has 0 spiro atoms. The van der Waals surface area contributed by atoms with E-state index in [1.54, 1.807) is 25.2 Å². The molecule has 1 rings (SSSR count). The van der Waals surface area contributed by atoms with E-state index in [0.29, 0.717) is 0 Å². The number of thiophene rings is 1. The van der Waals surface area contributed by atoms with E-state index < -0.39 is 12.0 Å². The molecule has 4 nitrogen and oxygen atoms in total. The third-order valence-corrected chi connectivity index (χ3v) is 3.38. The van der Waals surface area contributed by atoms with Crippen LogP contribution < -0.4 is 5.32 Å². The van der Waals surface area contributed by atoms with E-state index >= 15 is 0 Å². The molecule has 17 heavy (non-hydrogen) atoms. The molecule has 1 atom stereocenters. The SMILES string of the molecule is Cc1ccc(CC(=O)NC(C(=O)O)C(C)C)s1. The Bertz CT molecular complexity index is 412. The van der Waals surface area contributed by atoms with Crippen LogP contribution in [0.3, 0.4) is 0 Å². The highest BCUT2D eigenvalue weighted by Crippen LogP contribution is 2.15. The minimum absolute atomic E-state index is 0.124. The Kier molecular flexibility index (Phi) is 4.69. The number of amides is 1. The second kappa shape index (κ2) is 5.82. The van der Waals surface area contributed by atoms with Gasteiger partial charge < -0.3 is 10.4 Å². The van der Waals surface area contributed by atoms with Gasteiger partial charge in [0.25, 0.3) is 0 Å². The Morgan fingerprint density at radius 3 is 2.47 bits per heavy atom. The first-order valence-corrected chi connectivity index (χ1v) is 6.29. The third kappa shape index (κ3) is 4.19. The fourth-order valence-corrected chi connectivity index (χ4v) is 2.37. The van der Waals surface area contributed by atoms with Crippen LogP contribution in [0.4, 0.5) is 0 Å². The van der Waals surface area contributed by atoms with Gasteiger partial charge in [-0.15, -0.1) is 11.3 Å². The number of rotatable bonds is 5. The summed E-state index contributed by atoms with van der Waals surface area (Å²) in [5.41, 5.74) is 0. The van der Waals surface area contributed by atoms with Gasteiger partial charge in [-0.25, -0.2) is 4.79 Å². The summed E-state index contributed by atoms with van der Waals surface area (Å²) in [4.78, 5) is 24.7. The van der Waals surface area contributed by atoms with Gasteiger partial charge in [-0.1, -0.05) is 13.8 Å². The van der Waals surface area contributed by atoms with E-state index in [2.05, 4.69) is 5.32 Å². The molecule has 1 unspecified atom stereocenters. The zero-order valence-corrected chi connectivity index (χ0v) is 11.0. The first-order valence-electron chi connectivity index (χ1n) is 5.47. The van der Waals surface area contributed by atoms with Crippen LogP contribution in [0.5, 0.6) is 0 Å². The van der Waals surface area contributed by atoms with Crippen LogP contribution in [-0.4, -0.2) is 23.0 Å². The van der Waals surface area contributed by atoms with E-state index in [1.165, 1.54) is 0 Å². The number of carbonyl (C=O) groups excluding carboxylic acids is 1. The zero-order valence-electron chi connectivity index (χ0n) is 10.2. The average Bonchev–Trinajstić information content (AvgIpc) is 2.59. The number of carbonyl (C=O) groups is 2. The largest absolute Gasteiger partial charge is 0.480 e. The summed E-state index contributed by atoms with van der Waals surface area (Å²) in [7, 11) is 0. The number of hydrogen-bond donors (Lipinski definition) is 2. The number of hydrogen-bond acceptors (Lipinski definition) is 3. The first kappa shape index (κ1) is 13.7. The highest BCUT2D eigenvalue weighted by atomic mass is 32.1. The topological polar surface area (TPSA) is 66.4 Å². The van der Waals surface area contributed by atoms with Crippen LogP contribution in [0.15, 0.2) is 12.1 Å². The van der Waals surface area contributed by atoms with E-state index in [-0.39, 0.29) is 18.2 Å². The van der Waals surface area contributed by atoms with Crippen molar-refractivity contribution in [3.05, 3.63) is 21.9 Å². The van der Waals surface area contributed by atoms with Crippen molar-refractivity contribution in [2.24, 2.45) is 5.92 Å². The lowest BCUT2D eigenvalue weighted by atomic mass is 10.0. The van der Waals surface area contributed by atoms with Gasteiger partial charge in [-0.2, -0.15) is 0 Å². The van der Waals surface area contributed by atoms with Gasteiger partial charge in [0.15, 0.2) is 0 Å². The molecular weight excluding hydrogens is 238 g/mol. The number of nitrogens with one attached hydrogen (secondary N) is 1. The Morgan fingerprint density at radius 1 is 1.41 bits per heavy atom. The maximum absolute atomic E-state index is 11.7. The van der Waals surface area contributed by atoms with Gasteiger partial charge in [0.2, 0.25) is 5.91 Å². The predicted octanol–water partition coefficient (Wildman–Crippen LogP) is 1.82. The van der Waals surface area contributed by atoms with Crippen LogP contribution >= 0.6 is 11.3 Å². The lowest BCUT2D eigenvalue weighted by Crippen LogP contribution is -2.44. The quantitative estimate of drug-likeness (QED) is 0.843. The molecule has 0 aliphatic heterocycles. The van der Waals surface area contributed by atoms with Crippen molar-refractivity contribution < 1.29 is 14.7 Å². The molecule has 94 valence electrons. The molecule has 0 aliphatic carbocycles. The fourth-order valence-electron chi connectivity index (χ4n) is 1.48. The second-order valence-corrected chi connectivity index (χ2v) is 5.69. The van der Waals surface area contributed by atoms with Gasteiger partial charge >= 0.3 is 5.97 Å². The van der Waals surface area contributed by atoms with Gasteiger partial charge in [0.05, 0.1) is 6.42 Å². The second-order valence-electron chi connectivity index (χ2n) is 4.32. The van der Waals surface area contributed by atoms with Gasteiger partial charge in [0.1, 0.15) is 6.04 Å². The van der Waals surface area contributed by atoms with Crippen molar-refractivity contribution in [1.29, 1.82) is 0 Å². The average molecular weight is 255 g/mol. The summed E-state index contributed by atoms with van der Waals surface area (Å²) in [6, 6.07) is 3.03. The van der Waals surface area contributed by atoms with Crippen molar-refractivity contribution in [1.82, 2.24) is 5.32 Å².